The number of benzene rings is 2. The Morgan fingerprint density at radius 1 is 0.760 bits per heavy atom. The summed E-state index contributed by atoms with van der Waals surface area (Å²) in [5.74, 6) is -0.829. The summed E-state index contributed by atoms with van der Waals surface area (Å²) in [5.41, 5.74) is 2.05. The van der Waals surface area contributed by atoms with Gasteiger partial charge in [-0.05, 0) is 25.0 Å². The molecule has 0 aliphatic carbocycles. The van der Waals surface area contributed by atoms with Crippen LogP contribution in [0.15, 0.2) is 60.7 Å². The van der Waals surface area contributed by atoms with Gasteiger partial charge in [-0.15, -0.1) is 0 Å². The number of aliphatic hydroxyl groups excluding tert-OH is 2. The van der Waals surface area contributed by atoms with Gasteiger partial charge < -0.3 is 19.7 Å². The van der Waals surface area contributed by atoms with E-state index in [4.69, 9.17) is 9.47 Å². The average molecular weight is 342 g/mol. The zero-order valence-corrected chi connectivity index (χ0v) is 14.7. The van der Waals surface area contributed by atoms with E-state index in [1.807, 2.05) is 74.5 Å². The monoisotopic (exact) mass is 342 g/mol. The molecule has 1 aliphatic heterocycles. The third kappa shape index (κ3) is 4.67. The topological polar surface area (TPSA) is 58.9 Å². The summed E-state index contributed by atoms with van der Waals surface area (Å²) in [5, 5.41) is 21.4. The van der Waals surface area contributed by atoms with Crippen LogP contribution in [0.5, 0.6) is 0 Å². The molecule has 4 nitrogen and oxygen atoms in total. The van der Waals surface area contributed by atoms with Gasteiger partial charge in [-0.25, -0.2) is 0 Å². The first-order valence-corrected chi connectivity index (χ1v) is 8.74. The number of hydrogen-bond acceptors (Lipinski definition) is 4. The standard InChI is InChI=1S/C21H26O4/c1-21(2)24-19(17(22)13-15-9-5-3-6-10-15)20(25-21)18(23)14-16-11-7-4-8-12-16/h3-12,17-20,22-23H,13-14H2,1-2H3. The maximum Gasteiger partial charge on any atom is 0.164 e. The van der Waals surface area contributed by atoms with Crippen molar-refractivity contribution in [1.29, 1.82) is 0 Å². The van der Waals surface area contributed by atoms with Crippen molar-refractivity contribution in [1.82, 2.24) is 0 Å². The summed E-state index contributed by atoms with van der Waals surface area (Å²) >= 11 is 0. The van der Waals surface area contributed by atoms with Crippen molar-refractivity contribution in [2.45, 2.75) is 56.9 Å². The lowest BCUT2D eigenvalue weighted by molar-refractivity contribution is -0.160. The zero-order chi connectivity index (χ0) is 17.9. The third-order valence-corrected chi connectivity index (χ3v) is 4.50. The molecule has 2 N–H and O–H groups in total. The van der Waals surface area contributed by atoms with E-state index in [-0.39, 0.29) is 0 Å². The van der Waals surface area contributed by atoms with E-state index in [2.05, 4.69) is 0 Å². The first-order chi connectivity index (χ1) is 11.9. The van der Waals surface area contributed by atoms with E-state index in [1.165, 1.54) is 0 Å². The van der Waals surface area contributed by atoms with Crippen LogP contribution >= 0.6 is 0 Å². The molecule has 2 aromatic carbocycles. The molecule has 0 aromatic heterocycles. The van der Waals surface area contributed by atoms with Gasteiger partial charge in [-0.3, -0.25) is 0 Å². The van der Waals surface area contributed by atoms with Crippen LogP contribution < -0.4 is 0 Å². The maximum absolute atomic E-state index is 10.7. The van der Waals surface area contributed by atoms with E-state index in [9.17, 15) is 10.2 Å². The van der Waals surface area contributed by atoms with Gasteiger partial charge in [-0.2, -0.15) is 0 Å². The van der Waals surface area contributed by atoms with Gasteiger partial charge in [0.25, 0.3) is 0 Å². The summed E-state index contributed by atoms with van der Waals surface area (Å²) in [6.07, 6.45) is -1.74. The predicted molar refractivity (Wildman–Crippen MR) is 96.1 cm³/mol. The van der Waals surface area contributed by atoms with E-state index in [1.54, 1.807) is 0 Å². The Balaban J connectivity index is 1.71. The number of rotatable bonds is 6. The molecule has 0 amide bonds. The largest absolute Gasteiger partial charge is 0.390 e. The van der Waals surface area contributed by atoms with Crippen LogP contribution in [0.2, 0.25) is 0 Å². The molecule has 1 fully saturated rings. The van der Waals surface area contributed by atoms with Crippen LogP contribution in [-0.2, 0) is 22.3 Å². The smallest absolute Gasteiger partial charge is 0.164 e. The second-order valence-corrected chi connectivity index (χ2v) is 7.08. The minimum absolute atomic E-state index is 0.458. The SMILES string of the molecule is CC1(C)OC(C(O)Cc2ccccc2)C(C(O)Cc2ccccc2)O1. The Labute approximate surface area is 149 Å². The third-order valence-electron chi connectivity index (χ3n) is 4.50. The Hall–Kier alpha value is -1.72. The fourth-order valence-corrected chi connectivity index (χ4v) is 3.36. The highest BCUT2D eigenvalue weighted by Crippen LogP contribution is 2.33. The summed E-state index contributed by atoms with van der Waals surface area (Å²) in [4.78, 5) is 0. The number of ether oxygens (including phenoxy) is 2. The highest BCUT2D eigenvalue weighted by atomic mass is 16.8. The van der Waals surface area contributed by atoms with Crippen LogP contribution in [0.3, 0.4) is 0 Å². The molecular weight excluding hydrogens is 316 g/mol. The molecule has 4 heteroatoms. The predicted octanol–water partition coefficient (Wildman–Crippen LogP) is 2.71. The normalized spacial score (nSPS) is 24.8. The van der Waals surface area contributed by atoms with Crippen molar-refractivity contribution in [3.8, 4) is 0 Å². The van der Waals surface area contributed by atoms with Gasteiger partial charge in [0.2, 0.25) is 0 Å². The Bertz CT molecular complexity index is 599. The van der Waals surface area contributed by atoms with Crippen molar-refractivity contribution in [3.05, 3.63) is 71.8 Å². The van der Waals surface area contributed by atoms with Crippen molar-refractivity contribution in [2.75, 3.05) is 0 Å². The second-order valence-electron chi connectivity index (χ2n) is 7.08. The molecule has 1 aliphatic rings. The average Bonchev–Trinajstić information content (AvgIpc) is 2.93. The Kier molecular flexibility index (Phi) is 5.54. The Morgan fingerprint density at radius 3 is 1.48 bits per heavy atom. The molecule has 0 spiro atoms. The molecule has 1 heterocycles. The van der Waals surface area contributed by atoms with Crippen LogP contribution in [-0.4, -0.2) is 40.4 Å². The van der Waals surface area contributed by atoms with Gasteiger partial charge in [-0.1, -0.05) is 60.7 Å². The van der Waals surface area contributed by atoms with E-state index in [0.717, 1.165) is 11.1 Å². The molecule has 0 radical (unpaired) electrons. The van der Waals surface area contributed by atoms with Crippen molar-refractivity contribution >= 4 is 0 Å². The molecule has 2 aromatic rings. The molecular formula is C21H26O4. The lowest BCUT2D eigenvalue weighted by Gasteiger charge is -2.26. The minimum atomic E-state index is -0.829. The van der Waals surface area contributed by atoms with Crippen molar-refractivity contribution in [3.63, 3.8) is 0 Å². The van der Waals surface area contributed by atoms with Gasteiger partial charge in [0.05, 0.1) is 12.2 Å². The summed E-state index contributed by atoms with van der Waals surface area (Å²) in [6, 6.07) is 19.6. The quantitative estimate of drug-likeness (QED) is 0.847. The van der Waals surface area contributed by atoms with Gasteiger partial charge in [0.1, 0.15) is 12.2 Å². The molecule has 3 rings (SSSR count). The molecule has 4 atom stereocenters. The molecule has 1 saturated heterocycles. The van der Waals surface area contributed by atoms with Crippen LogP contribution in [0.25, 0.3) is 0 Å². The molecule has 134 valence electrons. The summed E-state index contributed by atoms with van der Waals surface area (Å²) in [6.45, 7) is 3.62. The number of hydrogen-bond donors (Lipinski definition) is 2. The van der Waals surface area contributed by atoms with Crippen LogP contribution in [0.1, 0.15) is 25.0 Å². The van der Waals surface area contributed by atoms with Crippen LogP contribution in [0.4, 0.5) is 0 Å². The van der Waals surface area contributed by atoms with E-state index >= 15 is 0 Å². The lowest BCUT2D eigenvalue weighted by atomic mass is 9.94. The summed E-state index contributed by atoms with van der Waals surface area (Å²) in [7, 11) is 0. The fourth-order valence-electron chi connectivity index (χ4n) is 3.36. The maximum atomic E-state index is 10.7. The Morgan fingerprint density at radius 2 is 1.12 bits per heavy atom. The highest BCUT2D eigenvalue weighted by molar-refractivity contribution is 5.18. The summed E-state index contributed by atoms with van der Waals surface area (Å²) < 4.78 is 11.8. The van der Waals surface area contributed by atoms with E-state index in [0.29, 0.717) is 12.8 Å². The minimum Gasteiger partial charge on any atom is -0.390 e. The van der Waals surface area contributed by atoms with Crippen LogP contribution in [0, 0.1) is 0 Å². The molecule has 25 heavy (non-hydrogen) atoms. The number of aliphatic hydroxyl groups is 2. The van der Waals surface area contributed by atoms with E-state index < -0.39 is 30.2 Å². The first-order valence-electron chi connectivity index (χ1n) is 8.74. The molecule has 4 unspecified atom stereocenters. The fraction of sp³-hybridized carbons (Fsp3) is 0.429. The molecule has 0 bridgehead atoms. The lowest BCUT2D eigenvalue weighted by Crippen LogP contribution is -2.44. The molecule has 0 saturated carbocycles. The highest BCUT2D eigenvalue weighted by Gasteiger charge is 2.47. The van der Waals surface area contributed by atoms with Crippen molar-refractivity contribution in [2.24, 2.45) is 0 Å². The first kappa shape index (κ1) is 18.1. The zero-order valence-electron chi connectivity index (χ0n) is 14.7. The van der Waals surface area contributed by atoms with Gasteiger partial charge in [0, 0.05) is 12.8 Å². The van der Waals surface area contributed by atoms with Crippen molar-refractivity contribution < 1.29 is 19.7 Å². The van der Waals surface area contributed by atoms with Gasteiger partial charge in [0.15, 0.2) is 5.79 Å². The van der Waals surface area contributed by atoms with Gasteiger partial charge >= 0.3 is 0 Å². The second kappa shape index (κ2) is 7.67.